The molecule has 4 aromatic rings. The highest BCUT2D eigenvalue weighted by molar-refractivity contribution is 5.93. The van der Waals surface area contributed by atoms with Crippen molar-refractivity contribution in [3.63, 3.8) is 0 Å². The van der Waals surface area contributed by atoms with Gasteiger partial charge < -0.3 is 19.3 Å². The molecule has 0 radical (unpaired) electrons. The molecule has 2 aromatic heterocycles. The van der Waals surface area contributed by atoms with Gasteiger partial charge in [-0.1, -0.05) is 35.5 Å². The molecule has 0 aliphatic rings. The molecule has 7 nitrogen and oxygen atoms in total. The van der Waals surface area contributed by atoms with Gasteiger partial charge in [0, 0.05) is 23.9 Å². The van der Waals surface area contributed by atoms with Crippen molar-refractivity contribution in [1.29, 1.82) is 0 Å². The second-order valence-electron chi connectivity index (χ2n) is 6.36. The molecule has 0 aliphatic carbocycles. The predicted molar refractivity (Wildman–Crippen MR) is 110 cm³/mol. The van der Waals surface area contributed by atoms with Gasteiger partial charge in [0.1, 0.15) is 17.2 Å². The number of carbonyl (C=O) groups is 1. The standard InChI is InChI=1S/C23H19N3O4/c1-28-21-10-6-5-9-19(21)20-13-18(30-26-20)15-25-23(27)16-11-12-22(24-14-16)29-17-7-3-2-4-8-17/h2-14H,15H2,1H3,(H,25,27). The van der Waals surface area contributed by atoms with Crippen molar-refractivity contribution in [3.8, 4) is 28.6 Å². The second-order valence-corrected chi connectivity index (χ2v) is 6.36. The van der Waals surface area contributed by atoms with Crippen LogP contribution in [0.5, 0.6) is 17.4 Å². The molecule has 0 bridgehead atoms. The maximum atomic E-state index is 12.4. The Bertz CT molecular complexity index is 1120. The number of aromatic nitrogens is 2. The molecule has 7 heteroatoms. The van der Waals surface area contributed by atoms with E-state index in [1.807, 2.05) is 54.6 Å². The molecule has 2 aromatic carbocycles. The molecule has 150 valence electrons. The number of pyridine rings is 1. The monoisotopic (exact) mass is 401 g/mol. The van der Waals surface area contributed by atoms with Gasteiger partial charge >= 0.3 is 0 Å². The Labute approximate surface area is 173 Å². The maximum Gasteiger partial charge on any atom is 0.253 e. The number of para-hydroxylation sites is 2. The first-order valence-electron chi connectivity index (χ1n) is 9.29. The molecule has 30 heavy (non-hydrogen) atoms. The fourth-order valence-corrected chi connectivity index (χ4v) is 2.83. The number of ether oxygens (including phenoxy) is 2. The number of benzene rings is 2. The summed E-state index contributed by atoms with van der Waals surface area (Å²) in [6.45, 7) is 0.198. The predicted octanol–water partition coefficient (Wildman–Crippen LogP) is 4.47. The second kappa shape index (κ2) is 8.91. The van der Waals surface area contributed by atoms with E-state index in [1.54, 1.807) is 25.3 Å². The van der Waals surface area contributed by atoms with Gasteiger partial charge in [-0.3, -0.25) is 4.79 Å². The topological polar surface area (TPSA) is 86.5 Å². The first-order chi connectivity index (χ1) is 14.7. The van der Waals surface area contributed by atoms with Crippen LogP contribution in [0.15, 0.2) is 83.5 Å². The Kier molecular flexibility index (Phi) is 5.70. The summed E-state index contributed by atoms with van der Waals surface area (Å²) in [7, 11) is 1.60. The normalized spacial score (nSPS) is 10.4. The zero-order valence-electron chi connectivity index (χ0n) is 16.2. The minimum absolute atomic E-state index is 0.198. The lowest BCUT2D eigenvalue weighted by Crippen LogP contribution is -2.22. The van der Waals surface area contributed by atoms with Crippen LogP contribution in [0.3, 0.4) is 0 Å². The third-order valence-electron chi connectivity index (χ3n) is 4.33. The summed E-state index contributed by atoms with van der Waals surface area (Å²) >= 11 is 0. The number of amides is 1. The summed E-state index contributed by atoms with van der Waals surface area (Å²) < 4.78 is 16.3. The van der Waals surface area contributed by atoms with Crippen molar-refractivity contribution in [2.45, 2.75) is 6.54 Å². The van der Waals surface area contributed by atoms with E-state index >= 15 is 0 Å². The van der Waals surface area contributed by atoms with E-state index in [0.717, 1.165) is 5.56 Å². The van der Waals surface area contributed by atoms with E-state index in [2.05, 4.69) is 15.5 Å². The van der Waals surface area contributed by atoms with E-state index in [9.17, 15) is 4.79 Å². The fraction of sp³-hybridized carbons (Fsp3) is 0.0870. The Morgan fingerprint density at radius 3 is 2.60 bits per heavy atom. The first kappa shape index (κ1) is 19.2. The van der Waals surface area contributed by atoms with E-state index in [0.29, 0.717) is 34.4 Å². The molecular formula is C23H19N3O4. The van der Waals surface area contributed by atoms with Crippen molar-refractivity contribution in [1.82, 2.24) is 15.5 Å². The molecule has 0 fully saturated rings. The molecule has 0 unspecified atom stereocenters. The summed E-state index contributed by atoms with van der Waals surface area (Å²) in [4.78, 5) is 16.6. The van der Waals surface area contributed by atoms with E-state index in [-0.39, 0.29) is 12.5 Å². The molecule has 1 amide bonds. The summed E-state index contributed by atoms with van der Waals surface area (Å²) in [5.74, 6) is 2.04. The van der Waals surface area contributed by atoms with Gasteiger partial charge in [-0.15, -0.1) is 0 Å². The number of methoxy groups -OCH3 is 1. The van der Waals surface area contributed by atoms with Gasteiger partial charge in [0.25, 0.3) is 5.91 Å². The summed E-state index contributed by atoms with van der Waals surface area (Å²) in [6.07, 6.45) is 1.47. The minimum atomic E-state index is -0.274. The number of hydrogen-bond donors (Lipinski definition) is 1. The van der Waals surface area contributed by atoms with Crippen molar-refractivity contribution in [3.05, 3.63) is 90.3 Å². The van der Waals surface area contributed by atoms with Crippen LogP contribution in [0.2, 0.25) is 0 Å². The summed E-state index contributed by atoms with van der Waals surface area (Å²) in [6, 6.07) is 21.9. The van der Waals surface area contributed by atoms with Crippen molar-refractivity contribution < 1.29 is 18.8 Å². The molecular weight excluding hydrogens is 382 g/mol. The van der Waals surface area contributed by atoms with Gasteiger partial charge in [0.15, 0.2) is 5.76 Å². The molecule has 4 rings (SSSR count). The molecule has 1 N–H and O–H groups in total. The Hall–Kier alpha value is -4.13. The average molecular weight is 401 g/mol. The highest BCUT2D eigenvalue weighted by Crippen LogP contribution is 2.29. The number of hydrogen-bond acceptors (Lipinski definition) is 6. The third kappa shape index (κ3) is 4.47. The zero-order chi connectivity index (χ0) is 20.8. The highest BCUT2D eigenvalue weighted by Gasteiger charge is 2.13. The summed E-state index contributed by atoms with van der Waals surface area (Å²) in [5, 5.41) is 6.86. The molecule has 2 heterocycles. The fourth-order valence-electron chi connectivity index (χ4n) is 2.83. The van der Waals surface area contributed by atoms with Crippen molar-refractivity contribution in [2.75, 3.05) is 7.11 Å². The smallest absolute Gasteiger partial charge is 0.253 e. The van der Waals surface area contributed by atoms with E-state index < -0.39 is 0 Å². The van der Waals surface area contributed by atoms with Crippen LogP contribution in [-0.2, 0) is 6.54 Å². The third-order valence-corrected chi connectivity index (χ3v) is 4.33. The SMILES string of the molecule is COc1ccccc1-c1cc(CNC(=O)c2ccc(Oc3ccccc3)nc2)on1. The van der Waals surface area contributed by atoms with Crippen LogP contribution in [0, 0.1) is 0 Å². The molecule has 0 atom stereocenters. The van der Waals surface area contributed by atoms with Gasteiger partial charge in [0.05, 0.1) is 19.2 Å². The quantitative estimate of drug-likeness (QED) is 0.492. The number of nitrogens with one attached hydrogen (secondary N) is 1. The Morgan fingerprint density at radius 1 is 1.03 bits per heavy atom. The molecule has 0 saturated carbocycles. The van der Waals surface area contributed by atoms with Crippen LogP contribution in [0.1, 0.15) is 16.1 Å². The van der Waals surface area contributed by atoms with Crippen LogP contribution < -0.4 is 14.8 Å². The van der Waals surface area contributed by atoms with Gasteiger partial charge in [-0.2, -0.15) is 0 Å². The van der Waals surface area contributed by atoms with E-state index in [1.165, 1.54) is 6.20 Å². The molecule has 0 spiro atoms. The van der Waals surface area contributed by atoms with E-state index in [4.69, 9.17) is 14.0 Å². The van der Waals surface area contributed by atoms with Crippen molar-refractivity contribution in [2.24, 2.45) is 0 Å². The molecule has 0 aliphatic heterocycles. The molecule has 0 saturated heterocycles. The minimum Gasteiger partial charge on any atom is -0.496 e. The lowest BCUT2D eigenvalue weighted by molar-refractivity contribution is 0.0946. The van der Waals surface area contributed by atoms with Crippen LogP contribution in [0.25, 0.3) is 11.3 Å². The zero-order valence-corrected chi connectivity index (χ0v) is 16.2. The Morgan fingerprint density at radius 2 is 1.83 bits per heavy atom. The van der Waals surface area contributed by atoms with Gasteiger partial charge in [-0.25, -0.2) is 4.98 Å². The van der Waals surface area contributed by atoms with Crippen molar-refractivity contribution >= 4 is 5.91 Å². The van der Waals surface area contributed by atoms with Crippen LogP contribution in [-0.4, -0.2) is 23.2 Å². The van der Waals surface area contributed by atoms with Crippen LogP contribution >= 0.6 is 0 Å². The average Bonchev–Trinajstić information content (AvgIpc) is 3.27. The maximum absolute atomic E-state index is 12.4. The number of rotatable bonds is 7. The lowest BCUT2D eigenvalue weighted by atomic mass is 10.1. The van der Waals surface area contributed by atoms with Gasteiger partial charge in [0.2, 0.25) is 5.88 Å². The van der Waals surface area contributed by atoms with Crippen LogP contribution in [0.4, 0.5) is 0 Å². The first-order valence-corrected chi connectivity index (χ1v) is 9.29. The lowest BCUT2D eigenvalue weighted by Gasteiger charge is -2.06. The number of nitrogens with zero attached hydrogens (tertiary/aromatic N) is 2. The summed E-state index contributed by atoms with van der Waals surface area (Å²) in [5.41, 5.74) is 1.88. The highest BCUT2D eigenvalue weighted by atomic mass is 16.5. The number of carbonyl (C=O) groups excluding carboxylic acids is 1. The van der Waals surface area contributed by atoms with Gasteiger partial charge in [-0.05, 0) is 30.3 Å². The Balaban J connectivity index is 1.36. The largest absolute Gasteiger partial charge is 0.496 e.